The van der Waals surface area contributed by atoms with Gasteiger partial charge in [0.05, 0.1) is 7.11 Å². The fraction of sp³-hybridized carbons (Fsp3) is 0.467. The molecule has 0 aliphatic carbocycles. The van der Waals surface area contributed by atoms with E-state index >= 15 is 0 Å². The molecule has 0 unspecified atom stereocenters. The van der Waals surface area contributed by atoms with E-state index in [-0.39, 0.29) is 0 Å². The highest BCUT2D eigenvalue weighted by atomic mass is 32.1. The summed E-state index contributed by atoms with van der Waals surface area (Å²) in [4.78, 5) is 7.02. The van der Waals surface area contributed by atoms with Gasteiger partial charge in [0.25, 0.3) is 0 Å². The minimum absolute atomic E-state index is 0.770. The van der Waals surface area contributed by atoms with E-state index in [2.05, 4.69) is 31.7 Å². The number of anilines is 1. The summed E-state index contributed by atoms with van der Waals surface area (Å²) >= 11 is 1.50. The summed E-state index contributed by atoms with van der Waals surface area (Å²) in [7, 11) is 1.68. The average molecular weight is 304 g/mol. The van der Waals surface area contributed by atoms with Crippen molar-refractivity contribution in [3.8, 4) is 5.75 Å². The maximum absolute atomic E-state index is 5.17. The van der Waals surface area contributed by atoms with Gasteiger partial charge in [-0.1, -0.05) is 12.1 Å². The predicted molar refractivity (Wildman–Crippen MR) is 85.4 cm³/mol. The van der Waals surface area contributed by atoms with Gasteiger partial charge in [0.1, 0.15) is 11.6 Å². The van der Waals surface area contributed by atoms with Crippen LogP contribution < -0.4 is 15.0 Å². The van der Waals surface area contributed by atoms with E-state index in [1.54, 1.807) is 7.11 Å². The van der Waals surface area contributed by atoms with Crippen LogP contribution in [0.25, 0.3) is 0 Å². The Morgan fingerprint density at radius 1 is 1.24 bits per heavy atom. The molecule has 1 aliphatic rings. The van der Waals surface area contributed by atoms with Crippen LogP contribution in [0.15, 0.2) is 24.3 Å². The fourth-order valence-electron chi connectivity index (χ4n) is 2.41. The van der Waals surface area contributed by atoms with E-state index in [0.717, 1.165) is 55.7 Å². The third-order valence-corrected chi connectivity index (χ3v) is 4.40. The van der Waals surface area contributed by atoms with Crippen LogP contribution in [-0.4, -0.2) is 42.6 Å². The SMILES string of the molecule is COc1ccc(Cc2nsc(N3CCCNCC3)n2)cc1. The maximum atomic E-state index is 5.17. The Labute approximate surface area is 129 Å². The van der Waals surface area contributed by atoms with Crippen molar-refractivity contribution >= 4 is 16.7 Å². The molecule has 0 spiro atoms. The number of aromatic nitrogens is 2. The molecule has 1 N–H and O–H groups in total. The Bertz CT molecular complexity index is 561. The molecule has 0 saturated carbocycles. The van der Waals surface area contributed by atoms with Gasteiger partial charge in [-0.2, -0.15) is 4.37 Å². The Morgan fingerprint density at radius 3 is 2.90 bits per heavy atom. The van der Waals surface area contributed by atoms with Crippen molar-refractivity contribution in [3.63, 3.8) is 0 Å². The molecule has 0 amide bonds. The van der Waals surface area contributed by atoms with Crippen LogP contribution in [0.5, 0.6) is 5.75 Å². The normalized spacial score (nSPS) is 15.8. The summed E-state index contributed by atoms with van der Waals surface area (Å²) < 4.78 is 9.67. The lowest BCUT2D eigenvalue weighted by Gasteiger charge is -2.17. The van der Waals surface area contributed by atoms with E-state index in [1.807, 2.05) is 12.1 Å². The van der Waals surface area contributed by atoms with Gasteiger partial charge in [0, 0.05) is 37.6 Å². The topological polar surface area (TPSA) is 50.3 Å². The summed E-state index contributed by atoms with van der Waals surface area (Å²) in [6, 6.07) is 8.08. The molecule has 21 heavy (non-hydrogen) atoms. The van der Waals surface area contributed by atoms with Crippen molar-refractivity contribution in [2.45, 2.75) is 12.8 Å². The number of hydrogen-bond donors (Lipinski definition) is 1. The van der Waals surface area contributed by atoms with Crippen molar-refractivity contribution in [2.75, 3.05) is 38.2 Å². The first-order valence-corrected chi connectivity index (χ1v) is 8.03. The number of nitrogens with zero attached hydrogens (tertiary/aromatic N) is 3. The summed E-state index contributed by atoms with van der Waals surface area (Å²) in [5, 5.41) is 4.45. The maximum Gasteiger partial charge on any atom is 0.205 e. The molecule has 2 aromatic rings. The lowest BCUT2D eigenvalue weighted by atomic mass is 10.1. The van der Waals surface area contributed by atoms with Crippen molar-refractivity contribution < 1.29 is 4.74 Å². The van der Waals surface area contributed by atoms with Crippen molar-refractivity contribution in [1.82, 2.24) is 14.7 Å². The summed E-state index contributed by atoms with van der Waals surface area (Å²) in [6.45, 7) is 4.18. The van der Waals surface area contributed by atoms with Crippen molar-refractivity contribution in [3.05, 3.63) is 35.7 Å². The molecular weight excluding hydrogens is 284 g/mol. The third-order valence-electron chi connectivity index (χ3n) is 3.59. The Kier molecular flexibility index (Phi) is 4.67. The Hall–Kier alpha value is -1.66. The molecule has 1 aliphatic heterocycles. The van der Waals surface area contributed by atoms with Gasteiger partial charge in [-0.05, 0) is 30.7 Å². The highest BCUT2D eigenvalue weighted by Gasteiger charge is 2.14. The highest BCUT2D eigenvalue weighted by molar-refractivity contribution is 7.09. The molecule has 3 rings (SSSR count). The third kappa shape index (κ3) is 3.71. The van der Waals surface area contributed by atoms with Crippen LogP contribution in [0, 0.1) is 0 Å². The highest BCUT2D eigenvalue weighted by Crippen LogP contribution is 2.20. The molecule has 0 bridgehead atoms. The summed E-state index contributed by atoms with van der Waals surface area (Å²) in [5.74, 6) is 1.78. The minimum Gasteiger partial charge on any atom is -0.497 e. The van der Waals surface area contributed by atoms with Crippen molar-refractivity contribution in [1.29, 1.82) is 0 Å². The fourth-order valence-corrected chi connectivity index (χ4v) is 3.14. The summed E-state index contributed by atoms with van der Waals surface area (Å²) in [6.07, 6.45) is 1.93. The van der Waals surface area contributed by atoms with E-state index in [9.17, 15) is 0 Å². The van der Waals surface area contributed by atoms with E-state index in [0.29, 0.717) is 0 Å². The Balaban J connectivity index is 1.66. The van der Waals surface area contributed by atoms with Gasteiger partial charge in [0.15, 0.2) is 0 Å². The molecule has 112 valence electrons. The molecule has 1 aromatic carbocycles. The van der Waals surface area contributed by atoms with Gasteiger partial charge in [-0.15, -0.1) is 0 Å². The number of ether oxygens (including phenoxy) is 1. The van der Waals surface area contributed by atoms with E-state index < -0.39 is 0 Å². The lowest BCUT2D eigenvalue weighted by molar-refractivity contribution is 0.414. The number of hydrogen-bond acceptors (Lipinski definition) is 6. The van der Waals surface area contributed by atoms with Crippen molar-refractivity contribution in [2.24, 2.45) is 0 Å². The van der Waals surface area contributed by atoms with E-state index in [4.69, 9.17) is 4.74 Å². The first-order chi connectivity index (χ1) is 10.3. The molecule has 1 fully saturated rings. The second-order valence-electron chi connectivity index (χ2n) is 5.11. The molecule has 6 heteroatoms. The quantitative estimate of drug-likeness (QED) is 0.935. The van der Waals surface area contributed by atoms with Gasteiger partial charge in [0.2, 0.25) is 5.13 Å². The van der Waals surface area contributed by atoms with Crippen LogP contribution in [0.3, 0.4) is 0 Å². The first kappa shape index (κ1) is 14.3. The van der Waals surface area contributed by atoms with Crippen LogP contribution in [-0.2, 0) is 6.42 Å². The Morgan fingerprint density at radius 2 is 2.10 bits per heavy atom. The monoisotopic (exact) mass is 304 g/mol. The van der Waals surface area contributed by atoms with Crippen LogP contribution in [0.4, 0.5) is 5.13 Å². The van der Waals surface area contributed by atoms with Crippen LogP contribution >= 0.6 is 11.5 Å². The van der Waals surface area contributed by atoms with Crippen LogP contribution in [0.2, 0.25) is 0 Å². The number of benzene rings is 1. The summed E-state index contributed by atoms with van der Waals surface area (Å²) in [5.41, 5.74) is 1.21. The lowest BCUT2D eigenvalue weighted by Crippen LogP contribution is -2.27. The van der Waals surface area contributed by atoms with Gasteiger partial charge < -0.3 is 15.0 Å². The minimum atomic E-state index is 0.770. The molecule has 0 radical (unpaired) electrons. The number of methoxy groups -OCH3 is 1. The number of rotatable bonds is 4. The molecule has 1 saturated heterocycles. The zero-order valence-electron chi connectivity index (χ0n) is 12.2. The first-order valence-electron chi connectivity index (χ1n) is 7.26. The van der Waals surface area contributed by atoms with Crippen LogP contribution in [0.1, 0.15) is 17.8 Å². The second kappa shape index (κ2) is 6.87. The predicted octanol–water partition coefficient (Wildman–Crippen LogP) is 1.94. The van der Waals surface area contributed by atoms with Gasteiger partial charge >= 0.3 is 0 Å². The molecule has 5 nitrogen and oxygen atoms in total. The molecule has 2 heterocycles. The number of nitrogens with one attached hydrogen (secondary N) is 1. The smallest absolute Gasteiger partial charge is 0.205 e. The molecule has 1 aromatic heterocycles. The molecule has 0 atom stereocenters. The average Bonchev–Trinajstić information content (AvgIpc) is 2.81. The zero-order valence-corrected chi connectivity index (χ0v) is 13.0. The second-order valence-corrected chi connectivity index (χ2v) is 5.84. The van der Waals surface area contributed by atoms with E-state index in [1.165, 1.54) is 17.1 Å². The largest absolute Gasteiger partial charge is 0.497 e. The van der Waals surface area contributed by atoms with Gasteiger partial charge in [-0.25, -0.2) is 4.98 Å². The van der Waals surface area contributed by atoms with Gasteiger partial charge in [-0.3, -0.25) is 0 Å². The standard InChI is InChI=1S/C15H20N4OS/c1-20-13-5-3-12(4-6-13)11-14-17-15(21-18-14)19-9-2-7-16-8-10-19/h3-6,16H,2,7-11H2,1H3. The zero-order chi connectivity index (χ0) is 14.5. The molecular formula is C15H20N4OS.